The first-order valence-electron chi connectivity index (χ1n) is 9.14. The molecule has 27 heavy (non-hydrogen) atoms. The van der Waals surface area contributed by atoms with Crippen LogP contribution in [0.4, 0.5) is 4.39 Å². The summed E-state index contributed by atoms with van der Waals surface area (Å²) in [5.74, 6) is -0.720. The van der Waals surface area contributed by atoms with Gasteiger partial charge in [0.1, 0.15) is 5.69 Å². The van der Waals surface area contributed by atoms with Gasteiger partial charge >= 0.3 is 0 Å². The smallest absolute Gasteiger partial charge is 0.270 e. The van der Waals surface area contributed by atoms with Crippen molar-refractivity contribution in [1.82, 2.24) is 14.8 Å². The highest BCUT2D eigenvalue weighted by Crippen LogP contribution is 2.21. The predicted octanol–water partition coefficient (Wildman–Crippen LogP) is 2.93. The summed E-state index contributed by atoms with van der Waals surface area (Å²) in [6.45, 7) is 5.60. The van der Waals surface area contributed by atoms with Crippen LogP contribution in [0.2, 0.25) is 0 Å². The van der Waals surface area contributed by atoms with Crippen molar-refractivity contribution in [2.45, 2.75) is 26.4 Å². The zero-order chi connectivity index (χ0) is 19.4. The summed E-state index contributed by atoms with van der Waals surface area (Å²) in [7, 11) is 0. The largest absolute Gasteiger partial charge is 0.488 e. The normalized spacial score (nSPS) is 15.0. The van der Waals surface area contributed by atoms with Gasteiger partial charge in [-0.05, 0) is 50.6 Å². The van der Waals surface area contributed by atoms with E-state index in [0.29, 0.717) is 38.3 Å². The molecule has 2 heterocycles. The lowest BCUT2D eigenvalue weighted by Gasteiger charge is -2.22. The molecule has 7 heteroatoms. The first kappa shape index (κ1) is 18.9. The number of nitrogens with zero attached hydrogens (tertiary/aromatic N) is 2. The van der Waals surface area contributed by atoms with Gasteiger partial charge in [-0.1, -0.05) is 0 Å². The molecule has 6 nitrogen and oxygen atoms in total. The number of carbonyl (C=O) groups excluding carboxylic acids is 2. The number of halogens is 1. The Morgan fingerprint density at radius 1 is 1.07 bits per heavy atom. The van der Waals surface area contributed by atoms with Gasteiger partial charge in [0.2, 0.25) is 0 Å². The first-order valence-corrected chi connectivity index (χ1v) is 9.14. The van der Waals surface area contributed by atoms with Crippen molar-refractivity contribution in [2.24, 2.45) is 0 Å². The van der Waals surface area contributed by atoms with E-state index in [-0.39, 0.29) is 29.2 Å². The van der Waals surface area contributed by atoms with Crippen LogP contribution in [0, 0.1) is 5.82 Å². The first-order chi connectivity index (χ1) is 13.0. The molecule has 2 aromatic rings. The number of aromatic nitrogens is 1. The molecule has 2 amide bonds. The molecule has 1 aliphatic heterocycles. The van der Waals surface area contributed by atoms with E-state index in [1.165, 1.54) is 12.1 Å². The van der Waals surface area contributed by atoms with Crippen molar-refractivity contribution in [1.29, 1.82) is 0 Å². The maximum Gasteiger partial charge on any atom is 0.270 e. The molecule has 1 aliphatic rings. The molecular weight excluding hydrogens is 349 g/mol. The van der Waals surface area contributed by atoms with Crippen LogP contribution >= 0.6 is 0 Å². The van der Waals surface area contributed by atoms with Gasteiger partial charge in [0.25, 0.3) is 11.8 Å². The number of rotatable bonds is 4. The Bertz CT molecular complexity index is 805. The molecule has 0 atom stereocenters. The number of ether oxygens (including phenoxy) is 1. The Balaban J connectivity index is 1.66. The van der Waals surface area contributed by atoms with Gasteiger partial charge in [-0.15, -0.1) is 0 Å². The minimum Gasteiger partial charge on any atom is -0.488 e. The van der Waals surface area contributed by atoms with Crippen LogP contribution in [0.15, 0.2) is 36.5 Å². The van der Waals surface area contributed by atoms with Crippen LogP contribution in [0.25, 0.3) is 0 Å². The molecule has 3 rings (SSSR count). The van der Waals surface area contributed by atoms with E-state index in [1.807, 2.05) is 13.8 Å². The minimum absolute atomic E-state index is 0.0736. The Kier molecular flexibility index (Phi) is 5.78. The summed E-state index contributed by atoms with van der Waals surface area (Å²) in [5, 5.41) is 0. The fourth-order valence-electron chi connectivity index (χ4n) is 3.12. The maximum atomic E-state index is 14.2. The summed E-state index contributed by atoms with van der Waals surface area (Å²) < 4.78 is 19.6. The summed E-state index contributed by atoms with van der Waals surface area (Å²) in [4.78, 5) is 31.5. The van der Waals surface area contributed by atoms with E-state index >= 15 is 0 Å². The Hall–Kier alpha value is -2.83. The fraction of sp³-hybridized carbons (Fsp3) is 0.400. The van der Waals surface area contributed by atoms with E-state index in [2.05, 4.69) is 4.98 Å². The van der Waals surface area contributed by atoms with Gasteiger partial charge in [-0.2, -0.15) is 0 Å². The monoisotopic (exact) mass is 373 g/mol. The molecule has 0 saturated carbocycles. The lowest BCUT2D eigenvalue weighted by Crippen LogP contribution is -2.37. The topological polar surface area (TPSA) is 65.6 Å². The summed E-state index contributed by atoms with van der Waals surface area (Å²) in [5.41, 5.74) is 0.824. The SMILES string of the molecule is CC(C)Oc1ccc(C(=O)N2CCCN(C(=O)c3ccc[nH]3)CC2)cc1F. The van der Waals surface area contributed by atoms with Gasteiger partial charge in [0, 0.05) is 37.9 Å². The zero-order valence-electron chi connectivity index (χ0n) is 15.6. The minimum atomic E-state index is -0.548. The van der Waals surface area contributed by atoms with E-state index in [4.69, 9.17) is 4.74 Å². The van der Waals surface area contributed by atoms with Gasteiger partial charge in [-0.3, -0.25) is 9.59 Å². The molecule has 0 unspecified atom stereocenters. The number of benzene rings is 1. The Morgan fingerprint density at radius 2 is 1.78 bits per heavy atom. The summed E-state index contributed by atoms with van der Waals surface area (Å²) in [6.07, 6.45) is 2.24. The van der Waals surface area contributed by atoms with Crippen LogP contribution < -0.4 is 4.74 Å². The molecule has 1 aromatic carbocycles. The molecule has 0 spiro atoms. The fourth-order valence-corrected chi connectivity index (χ4v) is 3.12. The van der Waals surface area contributed by atoms with E-state index < -0.39 is 5.82 Å². The van der Waals surface area contributed by atoms with Crippen LogP contribution in [-0.2, 0) is 0 Å². The number of H-pyrrole nitrogens is 1. The van der Waals surface area contributed by atoms with E-state index in [9.17, 15) is 14.0 Å². The van der Waals surface area contributed by atoms with E-state index in [0.717, 1.165) is 0 Å². The quantitative estimate of drug-likeness (QED) is 0.896. The van der Waals surface area contributed by atoms with Gasteiger partial charge < -0.3 is 19.5 Å². The molecule has 1 saturated heterocycles. The van der Waals surface area contributed by atoms with Gasteiger partial charge in [0.15, 0.2) is 11.6 Å². The van der Waals surface area contributed by atoms with Crippen LogP contribution in [0.3, 0.4) is 0 Å². The van der Waals surface area contributed by atoms with Crippen LogP contribution in [0.1, 0.15) is 41.1 Å². The molecule has 0 aliphatic carbocycles. The third kappa shape index (κ3) is 4.48. The molecule has 1 fully saturated rings. The lowest BCUT2D eigenvalue weighted by atomic mass is 10.1. The zero-order valence-corrected chi connectivity index (χ0v) is 15.6. The number of carbonyl (C=O) groups is 2. The highest BCUT2D eigenvalue weighted by Gasteiger charge is 2.24. The number of hydrogen-bond acceptors (Lipinski definition) is 3. The molecule has 0 bridgehead atoms. The molecule has 0 radical (unpaired) electrons. The Labute approximate surface area is 157 Å². The van der Waals surface area contributed by atoms with Gasteiger partial charge in [-0.25, -0.2) is 4.39 Å². The van der Waals surface area contributed by atoms with Crippen molar-refractivity contribution in [3.8, 4) is 5.75 Å². The number of hydrogen-bond donors (Lipinski definition) is 1. The molecule has 1 N–H and O–H groups in total. The van der Waals surface area contributed by atoms with Crippen molar-refractivity contribution in [3.05, 3.63) is 53.6 Å². The predicted molar refractivity (Wildman–Crippen MR) is 99.4 cm³/mol. The highest BCUT2D eigenvalue weighted by atomic mass is 19.1. The number of nitrogens with one attached hydrogen (secondary N) is 1. The average Bonchev–Trinajstić information content (AvgIpc) is 3.06. The molecule has 1 aromatic heterocycles. The highest BCUT2D eigenvalue weighted by molar-refractivity contribution is 5.95. The standard InChI is InChI=1S/C20H24FN3O3/c1-14(2)27-18-7-6-15(13-16(18)21)19(25)23-9-4-10-24(12-11-23)20(26)17-5-3-8-22-17/h3,5-8,13-14,22H,4,9-12H2,1-2H3. The molecule has 144 valence electrons. The van der Waals surface area contributed by atoms with Crippen LogP contribution in [0.5, 0.6) is 5.75 Å². The van der Waals surface area contributed by atoms with Crippen molar-refractivity contribution < 1.29 is 18.7 Å². The van der Waals surface area contributed by atoms with E-state index in [1.54, 1.807) is 34.2 Å². The second-order valence-corrected chi connectivity index (χ2v) is 6.83. The molecular formula is C20H24FN3O3. The second kappa shape index (κ2) is 8.24. The third-order valence-corrected chi connectivity index (χ3v) is 4.44. The van der Waals surface area contributed by atoms with Crippen molar-refractivity contribution in [2.75, 3.05) is 26.2 Å². The van der Waals surface area contributed by atoms with Crippen molar-refractivity contribution in [3.63, 3.8) is 0 Å². The van der Waals surface area contributed by atoms with Gasteiger partial charge in [0.05, 0.1) is 6.10 Å². The Morgan fingerprint density at radius 3 is 2.37 bits per heavy atom. The number of amides is 2. The lowest BCUT2D eigenvalue weighted by molar-refractivity contribution is 0.0716. The third-order valence-electron chi connectivity index (χ3n) is 4.44. The number of aromatic amines is 1. The van der Waals surface area contributed by atoms with Crippen molar-refractivity contribution >= 4 is 11.8 Å². The maximum absolute atomic E-state index is 14.2. The second-order valence-electron chi connectivity index (χ2n) is 6.83. The van der Waals surface area contributed by atoms with Crippen LogP contribution in [-0.4, -0.2) is 58.9 Å². The average molecular weight is 373 g/mol. The summed E-state index contributed by atoms with van der Waals surface area (Å²) in [6, 6.07) is 7.80. The summed E-state index contributed by atoms with van der Waals surface area (Å²) >= 11 is 0.